The molecule has 0 aliphatic carbocycles. The van der Waals surface area contributed by atoms with Crippen LogP contribution >= 0.6 is 0 Å². The summed E-state index contributed by atoms with van der Waals surface area (Å²) >= 11 is 0. The van der Waals surface area contributed by atoms with Gasteiger partial charge in [-0.3, -0.25) is 19.0 Å². The fourth-order valence-electron chi connectivity index (χ4n) is 5.63. The Balaban J connectivity index is 1.62. The predicted octanol–water partition coefficient (Wildman–Crippen LogP) is 5.97. The molecule has 0 unspecified atom stereocenters. The second-order valence-corrected chi connectivity index (χ2v) is 10.6. The van der Waals surface area contributed by atoms with E-state index in [0.29, 0.717) is 27.8 Å². The molecule has 43 heavy (non-hydrogen) atoms. The smallest absolute Gasteiger partial charge is 0.305 e. The Morgan fingerprint density at radius 1 is 1.02 bits per heavy atom. The fraction of sp³-hybridized carbons (Fsp3) is 0.182. The van der Waals surface area contributed by atoms with Crippen LogP contribution in [0.4, 0.5) is 8.78 Å². The lowest BCUT2D eigenvalue weighted by molar-refractivity contribution is -0.137. The molecule has 10 heteroatoms. The van der Waals surface area contributed by atoms with Gasteiger partial charge in [0.2, 0.25) is 5.91 Å². The van der Waals surface area contributed by atoms with E-state index in [2.05, 4.69) is 5.32 Å². The first kappa shape index (κ1) is 27.9. The molecule has 2 atom stereocenters. The Morgan fingerprint density at radius 2 is 1.84 bits per heavy atom. The summed E-state index contributed by atoms with van der Waals surface area (Å²) in [6.07, 6.45) is 1.99. The number of hydrogen-bond donors (Lipinski definition) is 2. The Labute approximate surface area is 244 Å². The molecule has 6 rings (SSSR count). The molecule has 1 amide bonds. The van der Waals surface area contributed by atoms with Gasteiger partial charge in [0.1, 0.15) is 30.0 Å². The number of nitrogens with one attached hydrogen (secondary N) is 1. The van der Waals surface area contributed by atoms with Crippen LogP contribution in [0, 0.1) is 25.5 Å². The molecule has 0 spiro atoms. The highest BCUT2D eigenvalue weighted by molar-refractivity contribution is 5.86. The topological polar surface area (TPSA) is 111 Å². The summed E-state index contributed by atoms with van der Waals surface area (Å²) in [6, 6.07) is 12.8. The number of benzene rings is 3. The van der Waals surface area contributed by atoms with Crippen LogP contribution in [0.5, 0.6) is 5.75 Å². The van der Waals surface area contributed by atoms with Crippen molar-refractivity contribution in [1.29, 1.82) is 0 Å². The first-order valence-corrected chi connectivity index (χ1v) is 13.5. The van der Waals surface area contributed by atoms with Crippen molar-refractivity contribution in [3.05, 3.63) is 123 Å². The molecular formula is C33H26F2N2O6. The van der Waals surface area contributed by atoms with Crippen molar-refractivity contribution in [3.8, 4) is 16.9 Å². The number of nitrogens with zero attached hydrogens (tertiary/aromatic N) is 1. The number of carbonyl (C=O) groups excluding carboxylic acids is 1. The average Bonchev–Trinajstić information content (AvgIpc) is 3.45. The molecule has 0 radical (unpaired) electrons. The Bertz CT molecular complexity index is 1980. The van der Waals surface area contributed by atoms with E-state index in [1.165, 1.54) is 36.7 Å². The number of halogens is 2. The third-order valence-electron chi connectivity index (χ3n) is 7.69. The maximum atomic E-state index is 15.8. The molecule has 4 bridgehead atoms. The standard InChI is InChI=1S/C33H26F2N2O6/c1-17-4-3-5-26-28(17)21-12-18(2)29(35)23(14-21)25(15-27(38)39)36-32(40)30(22-13-19(16-43-26)6-7-24(22)34)37-10-8-20-9-11-42-31(20)33(37)41/h3-14,25,30H,15-16H2,1-2H3,(H,36,40)(H,38,39)/t25-,30-/m0/s1. The Morgan fingerprint density at radius 3 is 2.63 bits per heavy atom. The maximum absolute atomic E-state index is 15.8. The summed E-state index contributed by atoms with van der Waals surface area (Å²) in [5.74, 6) is -3.20. The number of furan rings is 1. The monoisotopic (exact) mass is 584 g/mol. The molecule has 3 heterocycles. The number of hydrogen-bond acceptors (Lipinski definition) is 5. The molecule has 2 N–H and O–H groups in total. The third-order valence-corrected chi connectivity index (χ3v) is 7.69. The van der Waals surface area contributed by atoms with E-state index in [1.807, 2.05) is 19.1 Å². The van der Waals surface area contributed by atoms with Gasteiger partial charge in [0.05, 0.1) is 18.7 Å². The quantitative estimate of drug-likeness (QED) is 0.270. The number of aliphatic carboxylic acids is 1. The fourth-order valence-corrected chi connectivity index (χ4v) is 5.63. The van der Waals surface area contributed by atoms with Gasteiger partial charge < -0.3 is 19.6 Å². The van der Waals surface area contributed by atoms with Gasteiger partial charge in [0.25, 0.3) is 5.56 Å². The highest BCUT2D eigenvalue weighted by Crippen LogP contribution is 2.38. The van der Waals surface area contributed by atoms with Gasteiger partial charge in [-0.2, -0.15) is 0 Å². The summed E-state index contributed by atoms with van der Waals surface area (Å²) in [6.45, 7) is 3.41. The van der Waals surface area contributed by atoms with Crippen LogP contribution < -0.4 is 15.6 Å². The number of carboxylic acids is 1. The predicted molar refractivity (Wildman–Crippen MR) is 154 cm³/mol. The van der Waals surface area contributed by atoms with Crippen molar-refractivity contribution in [1.82, 2.24) is 9.88 Å². The van der Waals surface area contributed by atoms with Crippen molar-refractivity contribution in [3.63, 3.8) is 0 Å². The number of ether oxygens (including phenoxy) is 1. The molecule has 3 aromatic carbocycles. The van der Waals surface area contributed by atoms with E-state index >= 15 is 8.78 Å². The van der Waals surface area contributed by atoms with Crippen LogP contribution in [0.2, 0.25) is 0 Å². The molecule has 8 nitrogen and oxygen atoms in total. The van der Waals surface area contributed by atoms with Gasteiger partial charge in [-0.05, 0) is 78.6 Å². The van der Waals surface area contributed by atoms with Gasteiger partial charge in [0.15, 0.2) is 5.58 Å². The number of rotatable bonds is 3. The van der Waals surface area contributed by atoms with Crippen LogP contribution in [0.3, 0.4) is 0 Å². The van der Waals surface area contributed by atoms with E-state index in [9.17, 15) is 19.5 Å². The number of fused-ring (bicyclic) bond motifs is 7. The molecule has 1 aliphatic rings. The lowest BCUT2D eigenvalue weighted by Crippen LogP contribution is -2.40. The molecule has 0 fully saturated rings. The normalized spacial score (nSPS) is 16.6. The van der Waals surface area contributed by atoms with Crippen LogP contribution in [-0.2, 0) is 16.2 Å². The van der Waals surface area contributed by atoms with Crippen LogP contribution in [0.25, 0.3) is 22.1 Å². The zero-order valence-electron chi connectivity index (χ0n) is 23.2. The van der Waals surface area contributed by atoms with Crippen LogP contribution in [0.15, 0.2) is 82.3 Å². The lowest BCUT2D eigenvalue weighted by atomic mass is 9.91. The van der Waals surface area contributed by atoms with E-state index in [0.717, 1.165) is 10.1 Å². The second-order valence-electron chi connectivity index (χ2n) is 10.6. The van der Waals surface area contributed by atoms with Crippen molar-refractivity contribution in [2.45, 2.75) is 39.0 Å². The summed E-state index contributed by atoms with van der Waals surface area (Å²) in [5, 5.41) is 12.9. The molecule has 0 saturated heterocycles. The van der Waals surface area contributed by atoms with E-state index < -0.39 is 47.6 Å². The molecule has 1 aliphatic heterocycles. The zero-order chi connectivity index (χ0) is 30.4. The second kappa shape index (κ2) is 10.9. The van der Waals surface area contributed by atoms with Crippen molar-refractivity contribution >= 4 is 22.8 Å². The number of amides is 1. The SMILES string of the molecule is Cc1cc2cc(c1F)[C@H](CC(=O)O)NC(=O)[C@@H](n1ccc3ccoc3c1=O)c1cc(ccc1F)COc1cccc(C)c1-2. The van der Waals surface area contributed by atoms with E-state index in [4.69, 9.17) is 9.15 Å². The number of aromatic nitrogens is 1. The zero-order valence-corrected chi connectivity index (χ0v) is 23.2. The summed E-state index contributed by atoms with van der Waals surface area (Å²) < 4.78 is 43.9. The van der Waals surface area contributed by atoms with Crippen LogP contribution in [0.1, 0.15) is 46.3 Å². The largest absolute Gasteiger partial charge is 0.488 e. The highest BCUT2D eigenvalue weighted by atomic mass is 19.1. The van der Waals surface area contributed by atoms with Crippen molar-refractivity contribution < 1.29 is 32.6 Å². The minimum atomic E-state index is -1.59. The number of pyridine rings is 1. The molecule has 0 saturated carbocycles. The number of carboxylic acid groups (broad SMARTS) is 1. The summed E-state index contributed by atoms with van der Waals surface area (Å²) in [5.41, 5.74) is 1.84. The van der Waals surface area contributed by atoms with E-state index in [-0.39, 0.29) is 28.9 Å². The third kappa shape index (κ3) is 5.05. The Kier molecular flexibility index (Phi) is 7.05. The van der Waals surface area contributed by atoms with Gasteiger partial charge in [-0.25, -0.2) is 8.78 Å². The minimum absolute atomic E-state index is 0.00113. The molecule has 2 aromatic heterocycles. The highest BCUT2D eigenvalue weighted by Gasteiger charge is 2.32. The average molecular weight is 585 g/mol. The first-order chi connectivity index (χ1) is 20.6. The van der Waals surface area contributed by atoms with Gasteiger partial charge >= 0.3 is 5.97 Å². The summed E-state index contributed by atoms with van der Waals surface area (Å²) in [4.78, 5) is 39.6. The van der Waals surface area contributed by atoms with Gasteiger partial charge in [0, 0.05) is 28.3 Å². The van der Waals surface area contributed by atoms with Crippen molar-refractivity contribution in [2.24, 2.45) is 0 Å². The van der Waals surface area contributed by atoms with Crippen molar-refractivity contribution in [2.75, 3.05) is 0 Å². The van der Waals surface area contributed by atoms with Crippen LogP contribution in [-0.4, -0.2) is 21.6 Å². The van der Waals surface area contributed by atoms with Gasteiger partial charge in [-0.1, -0.05) is 18.2 Å². The Hall–Kier alpha value is -5.25. The molecule has 5 aromatic rings. The minimum Gasteiger partial charge on any atom is -0.488 e. The first-order valence-electron chi connectivity index (χ1n) is 13.5. The van der Waals surface area contributed by atoms with E-state index in [1.54, 1.807) is 31.2 Å². The molecule has 218 valence electrons. The number of aryl methyl sites for hydroxylation is 2. The molecular weight excluding hydrogens is 558 g/mol. The summed E-state index contributed by atoms with van der Waals surface area (Å²) in [7, 11) is 0. The number of carbonyl (C=O) groups is 2. The lowest BCUT2D eigenvalue weighted by Gasteiger charge is -2.26. The van der Waals surface area contributed by atoms with Gasteiger partial charge in [-0.15, -0.1) is 0 Å². The maximum Gasteiger partial charge on any atom is 0.305 e.